The monoisotopic (exact) mass is 154 g/mol. The maximum Gasteiger partial charge on any atom is 0.0997 e. The van der Waals surface area contributed by atoms with Crippen LogP contribution in [0.5, 0.6) is 0 Å². The van der Waals surface area contributed by atoms with E-state index in [4.69, 9.17) is 4.74 Å². The van der Waals surface area contributed by atoms with E-state index < -0.39 is 0 Å². The fraction of sp³-hybridized carbons (Fsp3) is 1.00. The highest BCUT2D eigenvalue weighted by atomic mass is 16.6. The molecule has 2 aliphatic carbocycles. The van der Waals surface area contributed by atoms with Crippen molar-refractivity contribution in [1.29, 1.82) is 0 Å². The van der Waals surface area contributed by atoms with E-state index in [1.807, 2.05) is 0 Å². The third kappa shape index (κ3) is 0.651. The topological polar surface area (TPSA) is 32.8 Å². The lowest BCUT2D eigenvalue weighted by Crippen LogP contribution is -2.32. The minimum atomic E-state index is -0.0509. The fourth-order valence-corrected chi connectivity index (χ4v) is 3.20. The molecule has 1 heterocycles. The first-order valence-corrected chi connectivity index (χ1v) is 4.65. The molecule has 1 N–H and O–H groups in total. The molecule has 1 spiro atoms. The van der Waals surface area contributed by atoms with Crippen LogP contribution in [0.3, 0.4) is 0 Å². The van der Waals surface area contributed by atoms with Gasteiger partial charge in [0.05, 0.1) is 18.3 Å². The van der Waals surface area contributed by atoms with Crippen LogP contribution in [0.25, 0.3) is 0 Å². The summed E-state index contributed by atoms with van der Waals surface area (Å²) in [6.45, 7) is 0.930. The smallest absolute Gasteiger partial charge is 0.0997 e. The van der Waals surface area contributed by atoms with Crippen LogP contribution in [0.15, 0.2) is 0 Å². The third-order valence-electron chi connectivity index (χ3n) is 3.85. The SMILES string of the molecule is OC1CC2CCCC1C21CO1. The highest BCUT2D eigenvalue weighted by molar-refractivity contribution is 5.13. The molecular formula is C9H14O2. The number of aliphatic hydroxyl groups is 1. The Balaban J connectivity index is 1.96. The quantitative estimate of drug-likeness (QED) is 0.527. The summed E-state index contributed by atoms with van der Waals surface area (Å²) in [6, 6.07) is 0. The molecule has 0 aromatic carbocycles. The van der Waals surface area contributed by atoms with Crippen molar-refractivity contribution in [2.45, 2.75) is 37.4 Å². The Hall–Kier alpha value is -0.0800. The average Bonchev–Trinajstić information content (AvgIpc) is 2.70. The van der Waals surface area contributed by atoms with Crippen molar-refractivity contribution in [2.75, 3.05) is 6.61 Å². The van der Waals surface area contributed by atoms with Crippen molar-refractivity contribution >= 4 is 0 Å². The number of epoxide rings is 1. The first-order valence-electron chi connectivity index (χ1n) is 4.65. The fourth-order valence-electron chi connectivity index (χ4n) is 3.20. The van der Waals surface area contributed by atoms with Gasteiger partial charge in [-0.05, 0) is 25.2 Å². The van der Waals surface area contributed by atoms with E-state index >= 15 is 0 Å². The van der Waals surface area contributed by atoms with Crippen LogP contribution in [0.2, 0.25) is 0 Å². The highest BCUT2D eigenvalue weighted by Crippen LogP contribution is 2.58. The molecule has 4 unspecified atom stereocenters. The molecule has 11 heavy (non-hydrogen) atoms. The molecule has 3 rings (SSSR count). The lowest BCUT2D eigenvalue weighted by Gasteiger charge is -2.26. The molecule has 62 valence electrons. The summed E-state index contributed by atoms with van der Waals surface area (Å²) in [5.41, 5.74) is 0.178. The first kappa shape index (κ1) is 6.44. The normalized spacial score (nSPS) is 60.3. The van der Waals surface area contributed by atoms with Gasteiger partial charge in [-0.25, -0.2) is 0 Å². The first-order chi connectivity index (χ1) is 5.33. The van der Waals surface area contributed by atoms with Crippen LogP contribution in [-0.2, 0) is 4.74 Å². The second kappa shape index (κ2) is 1.80. The summed E-state index contributed by atoms with van der Waals surface area (Å²) in [4.78, 5) is 0. The molecule has 2 nitrogen and oxygen atoms in total. The third-order valence-corrected chi connectivity index (χ3v) is 3.85. The van der Waals surface area contributed by atoms with Gasteiger partial charge in [-0.15, -0.1) is 0 Å². The Bertz CT molecular complexity index is 186. The van der Waals surface area contributed by atoms with Crippen LogP contribution < -0.4 is 0 Å². The molecule has 1 saturated heterocycles. The van der Waals surface area contributed by atoms with Gasteiger partial charge in [0.25, 0.3) is 0 Å². The largest absolute Gasteiger partial charge is 0.393 e. The zero-order valence-electron chi connectivity index (χ0n) is 6.62. The zero-order valence-corrected chi connectivity index (χ0v) is 6.62. The zero-order chi connectivity index (χ0) is 7.47. The second-order valence-electron chi connectivity index (χ2n) is 4.28. The Labute approximate surface area is 66.5 Å². The molecule has 2 heteroatoms. The van der Waals surface area contributed by atoms with Gasteiger partial charge in [0.1, 0.15) is 0 Å². The Morgan fingerprint density at radius 3 is 2.73 bits per heavy atom. The molecular weight excluding hydrogens is 140 g/mol. The number of aliphatic hydroxyl groups excluding tert-OH is 1. The van der Waals surface area contributed by atoms with E-state index in [0.717, 1.165) is 13.0 Å². The van der Waals surface area contributed by atoms with Crippen LogP contribution in [0, 0.1) is 11.8 Å². The minimum absolute atomic E-state index is 0.0509. The summed E-state index contributed by atoms with van der Waals surface area (Å²) in [6.07, 6.45) is 4.73. The van der Waals surface area contributed by atoms with Crippen LogP contribution in [0.4, 0.5) is 0 Å². The average molecular weight is 154 g/mol. The highest BCUT2D eigenvalue weighted by Gasteiger charge is 2.64. The van der Waals surface area contributed by atoms with Gasteiger partial charge >= 0.3 is 0 Å². The van der Waals surface area contributed by atoms with Crippen LogP contribution >= 0.6 is 0 Å². The number of ether oxygens (including phenoxy) is 1. The number of rotatable bonds is 0. The van der Waals surface area contributed by atoms with Gasteiger partial charge in [-0.1, -0.05) is 6.42 Å². The van der Waals surface area contributed by atoms with Gasteiger partial charge in [-0.3, -0.25) is 0 Å². The molecule has 0 aromatic rings. The standard InChI is InChI=1S/C9H14O2/c10-8-4-6-2-1-3-7(8)9(6)5-11-9/h6-8,10H,1-5H2. The van der Waals surface area contributed by atoms with Crippen molar-refractivity contribution in [3.63, 3.8) is 0 Å². The molecule has 1 aliphatic heterocycles. The predicted octanol–water partition coefficient (Wildman–Crippen LogP) is 0.936. The van der Waals surface area contributed by atoms with Crippen molar-refractivity contribution in [2.24, 2.45) is 11.8 Å². The number of hydrogen-bond acceptors (Lipinski definition) is 2. The van der Waals surface area contributed by atoms with E-state index in [2.05, 4.69) is 0 Å². The van der Waals surface area contributed by atoms with Crippen molar-refractivity contribution in [3.05, 3.63) is 0 Å². The van der Waals surface area contributed by atoms with Gasteiger partial charge < -0.3 is 9.84 Å². The van der Waals surface area contributed by atoms with Gasteiger partial charge in [0, 0.05) is 5.92 Å². The Morgan fingerprint density at radius 2 is 2.18 bits per heavy atom. The molecule has 0 amide bonds. The van der Waals surface area contributed by atoms with Gasteiger partial charge in [0.2, 0.25) is 0 Å². The summed E-state index contributed by atoms with van der Waals surface area (Å²) < 4.78 is 5.53. The van der Waals surface area contributed by atoms with Gasteiger partial charge in [-0.2, -0.15) is 0 Å². The van der Waals surface area contributed by atoms with E-state index in [1.165, 1.54) is 19.3 Å². The molecule has 2 bridgehead atoms. The maximum atomic E-state index is 9.69. The molecule has 4 atom stereocenters. The summed E-state index contributed by atoms with van der Waals surface area (Å²) >= 11 is 0. The summed E-state index contributed by atoms with van der Waals surface area (Å²) in [7, 11) is 0. The Morgan fingerprint density at radius 1 is 1.36 bits per heavy atom. The van der Waals surface area contributed by atoms with Gasteiger partial charge in [0.15, 0.2) is 0 Å². The molecule has 0 aromatic heterocycles. The predicted molar refractivity (Wildman–Crippen MR) is 40.1 cm³/mol. The summed E-state index contributed by atoms with van der Waals surface area (Å²) in [5.74, 6) is 1.18. The molecule has 0 radical (unpaired) electrons. The minimum Gasteiger partial charge on any atom is -0.393 e. The van der Waals surface area contributed by atoms with Crippen molar-refractivity contribution in [1.82, 2.24) is 0 Å². The van der Waals surface area contributed by atoms with Crippen molar-refractivity contribution < 1.29 is 9.84 Å². The number of hydrogen-bond donors (Lipinski definition) is 1. The van der Waals surface area contributed by atoms with Crippen LogP contribution in [0.1, 0.15) is 25.7 Å². The van der Waals surface area contributed by atoms with E-state index in [0.29, 0.717) is 11.8 Å². The van der Waals surface area contributed by atoms with Crippen molar-refractivity contribution in [3.8, 4) is 0 Å². The summed E-state index contributed by atoms with van der Waals surface area (Å²) in [5, 5.41) is 9.69. The molecule has 2 saturated carbocycles. The lowest BCUT2D eigenvalue weighted by molar-refractivity contribution is 0.0833. The van der Waals surface area contributed by atoms with E-state index in [1.54, 1.807) is 0 Å². The van der Waals surface area contributed by atoms with E-state index in [-0.39, 0.29) is 11.7 Å². The molecule has 3 aliphatic rings. The lowest BCUT2D eigenvalue weighted by atomic mass is 9.78. The van der Waals surface area contributed by atoms with Crippen LogP contribution in [-0.4, -0.2) is 23.4 Å². The molecule has 3 fully saturated rings. The Kier molecular flexibility index (Phi) is 1.06. The van der Waals surface area contributed by atoms with E-state index in [9.17, 15) is 5.11 Å². The second-order valence-corrected chi connectivity index (χ2v) is 4.28. The maximum absolute atomic E-state index is 9.69.